The molecule has 2 aromatic carbocycles. The Morgan fingerprint density at radius 1 is 0.923 bits per heavy atom. The van der Waals surface area contributed by atoms with Crippen LogP contribution in [0.3, 0.4) is 0 Å². The van der Waals surface area contributed by atoms with Gasteiger partial charge in [0.25, 0.3) is 0 Å². The van der Waals surface area contributed by atoms with Crippen LogP contribution < -0.4 is 4.90 Å². The molecule has 1 fully saturated rings. The van der Waals surface area contributed by atoms with Crippen molar-refractivity contribution in [3.63, 3.8) is 0 Å². The molecular weight excluding hydrogens is 320 g/mol. The first-order valence-electron chi connectivity index (χ1n) is 9.53. The van der Waals surface area contributed by atoms with Crippen LogP contribution >= 0.6 is 0 Å². The van der Waals surface area contributed by atoms with Crippen molar-refractivity contribution < 1.29 is 4.79 Å². The molecule has 3 nitrogen and oxygen atoms in total. The zero-order valence-electron chi connectivity index (χ0n) is 16.5. The Bertz CT molecular complexity index is 759. The summed E-state index contributed by atoms with van der Waals surface area (Å²) >= 11 is 0. The first-order chi connectivity index (χ1) is 12.4. The molecule has 138 valence electrons. The zero-order chi connectivity index (χ0) is 18.7. The van der Waals surface area contributed by atoms with Gasteiger partial charge in [-0.05, 0) is 43.0 Å². The molecule has 0 aromatic heterocycles. The van der Waals surface area contributed by atoms with Crippen molar-refractivity contribution in [2.75, 3.05) is 31.1 Å². The number of nitrogens with zero attached hydrogens (tertiary/aromatic N) is 2. The highest BCUT2D eigenvalue weighted by atomic mass is 16.2. The van der Waals surface area contributed by atoms with Gasteiger partial charge in [-0.25, -0.2) is 0 Å². The third-order valence-corrected chi connectivity index (χ3v) is 5.55. The monoisotopic (exact) mass is 350 g/mol. The van der Waals surface area contributed by atoms with Crippen molar-refractivity contribution in [1.82, 2.24) is 4.90 Å². The summed E-state index contributed by atoms with van der Waals surface area (Å²) in [5, 5.41) is 0. The molecule has 0 spiro atoms. The molecule has 0 atom stereocenters. The van der Waals surface area contributed by atoms with Crippen molar-refractivity contribution in [2.45, 2.75) is 34.1 Å². The van der Waals surface area contributed by atoms with E-state index in [0.717, 1.165) is 32.6 Å². The number of anilines is 1. The van der Waals surface area contributed by atoms with Crippen molar-refractivity contribution >= 4 is 11.6 Å². The number of hydrogen-bond acceptors (Lipinski definition) is 2. The smallest absolute Gasteiger partial charge is 0.228 e. The van der Waals surface area contributed by atoms with Gasteiger partial charge in [0.05, 0.1) is 0 Å². The van der Waals surface area contributed by atoms with Gasteiger partial charge >= 0.3 is 0 Å². The van der Waals surface area contributed by atoms with Gasteiger partial charge in [-0.2, -0.15) is 0 Å². The first-order valence-corrected chi connectivity index (χ1v) is 9.53. The van der Waals surface area contributed by atoms with Crippen LogP contribution in [0.1, 0.15) is 30.5 Å². The third-order valence-electron chi connectivity index (χ3n) is 5.55. The van der Waals surface area contributed by atoms with Gasteiger partial charge in [-0.3, -0.25) is 4.79 Å². The molecule has 1 aliphatic heterocycles. The second-order valence-electron chi connectivity index (χ2n) is 8.04. The molecule has 0 aliphatic carbocycles. The predicted octanol–water partition coefficient (Wildman–Crippen LogP) is 4.22. The number of benzene rings is 2. The second-order valence-corrected chi connectivity index (χ2v) is 8.04. The molecule has 1 aliphatic rings. The minimum atomic E-state index is -0.372. The Balaban J connectivity index is 1.63. The molecule has 0 radical (unpaired) electrons. The van der Waals surface area contributed by atoms with Crippen LogP contribution in [-0.2, 0) is 11.2 Å². The fourth-order valence-corrected chi connectivity index (χ4v) is 3.84. The van der Waals surface area contributed by atoms with Crippen LogP contribution in [0.25, 0.3) is 0 Å². The first kappa shape index (κ1) is 18.5. The lowest BCUT2D eigenvalue weighted by atomic mass is 9.84. The van der Waals surface area contributed by atoms with Crippen LogP contribution in [0, 0.1) is 19.3 Å². The standard InChI is InChI=1S/C23H30N2O/c1-18-9-8-12-21(19(18)2)24-13-15-25(16-14-24)22(26)23(3,4)17-20-10-6-5-7-11-20/h5-12H,13-17H2,1-4H3. The summed E-state index contributed by atoms with van der Waals surface area (Å²) in [5.41, 5.74) is 4.82. The summed E-state index contributed by atoms with van der Waals surface area (Å²) < 4.78 is 0. The average Bonchev–Trinajstić information content (AvgIpc) is 2.64. The van der Waals surface area contributed by atoms with E-state index < -0.39 is 0 Å². The average molecular weight is 351 g/mol. The fourth-order valence-electron chi connectivity index (χ4n) is 3.84. The maximum Gasteiger partial charge on any atom is 0.228 e. The number of carbonyl (C=O) groups is 1. The van der Waals surface area contributed by atoms with Crippen molar-refractivity contribution in [1.29, 1.82) is 0 Å². The number of amides is 1. The largest absolute Gasteiger partial charge is 0.368 e. The molecule has 1 saturated heterocycles. The Morgan fingerprint density at radius 2 is 1.58 bits per heavy atom. The normalized spacial score (nSPS) is 15.2. The number of piperazine rings is 1. The number of carbonyl (C=O) groups excluding carboxylic acids is 1. The van der Waals surface area contributed by atoms with Crippen LogP contribution in [0.2, 0.25) is 0 Å². The molecule has 3 heteroatoms. The second kappa shape index (κ2) is 7.53. The molecule has 1 heterocycles. The maximum absolute atomic E-state index is 13.1. The van der Waals surface area contributed by atoms with E-state index in [4.69, 9.17) is 0 Å². The molecular formula is C23H30N2O. The van der Waals surface area contributed by atoms with Crippen LogP contribution in [0.5, 0.6) is 0 Å². The van der Waals surface area contributed by atoms with Gasteiger partial charge in [0.1, 0.15) is 0 Å². The van der Waals surface area contributed by atoms with E-state index in [9.17, 15) is 4.79 Å². The van der Waals surface area contributed by atoms with Crippen LogP contribution in [0.4, 0.5) is 5.69 Å². The van der Waals surface area contributed by atoms with Crippen molar-refractivity contribution in [3.05, 3.63) is 65.2 Å². The highest BCUT2D eigenvalue weighted by molar-refractivity contribution is 5.82. The summed E-state index contributed by atoms with van der Waals surface area (Å²) in [7, 11) is 0. The van der Waals surface area contributed by atoms with Gasteiger partial charge < -0.3 is 9.80 Å². The van der Waals surface area contributed by atoms with E-state index >= 15 is 0 Å². The highest BCUT2D eigenvalue weighted by Gasteiger charge is 2.34. The van der Waals surface area contributed by atoms with Gasteiger partial charge in [-0.1, -0.05) is 56.3 Å². The van der Waals surface area contributed by atoms with E-state index in [-0.39, 0.29) is 11.3 Å². The minimum Gasteiger partial charge on any atom is -0.368 e. The summed E-state index contributed by atoms with van der Waals surface area (Å²) in [6, 6.07) is 16.8. The molecule has 2 aromatic rings. The van der Waals surface area contributed by atoms with Gasteiger partial charge in [0.15, 0.2) is 0 Å². The number of hydrogen-bond donors (Lipinski definition) is 0. The lowest BCUT2D eigenvalue weighted by Crippen LogP contribution is -2.52. The minimum absolute atomic E-state index is 0.266. The molecule has 0 saturated carbocycles. The van der Waals surface area contributed by atoms with Gasteiger partial charge in [0.2, 0.25) is 5.91 Å². The SMILES string of the molecule is Cc1cccc(N2CCN(C(=O)C(C)(C)Cc3ccccc3)CC2)c1C. The molecule has 0 unspecified atom stereocenters. The lowest BCUT2D eigenvalue weighted by Gasteiger charge is -2.40. The number of rotatable bonds is 4. The zero-order valence-corrected chi connectivity index (χ0v) is 16.5. The predicted molar refractivity (Wildman–Crippen MR) is 109 cm³/mol. The van der Waals surface area contributed by atoms with Crippen LogP contribution in [-0.4, -0.2) is 37.0 Å². The van der Waals surface area contributed by atoms with E-state index in [1.807, 2.05) is 23.1 Å². The van der Waals surface area contributed by atoms with Crippen molar-refractivity contribution in [2.24, 2.45) is 5.41 Å². The molecule has 1 amide bonds. The summed E-state index contributed by atoms with van der Waals surface area (Å²) in [6.07, 6.45) is 0.782. The lowest BCUT2D eigenvalue weighted by molar-refractivity contribution is -0.140. The topological polar surface area (TPSA) is 23.6 Å². The molecule has 0 N–H and O–H groups in total. The summed E-state index contributed by atoms with van der Waals surface area (Å²) in [5.74, 6) is 0.266. The Kier molecular flexibility index (Phi) is 5.36. The van der Waals surface area contributed by atoms with Crippen molar-refractivity contribution in [3.8, 4) is 0 Å². The highest BCUT2D eigenvalue weighted by Crippen LogP contribution is 2.27. The maximum atomic E-state index is 13.1. The molecule has 3 rings (SSSR count). The quantitative estimate of drug-likeness (QED) is 0.824. The van der Waals surface area contributed by atoms with Gasteiger partial charge in [-0.15, -0.1) is 0 Å². The summed E-state index contributed by atoms with van der Waals surface area (Å²) in [6.45, 7) is 11.9. The van der Waals surface area contributed by atoms with E-state index in [2.05, 4.69) is 62.9 Å². The Hall–Kier alpha value is -2.29. The Morgan fingerprint density at radius 3 is 2.23 bits per heavy atom. The van der Waals surface area contributed by atoms with E-state index in [0.29, 0.717) is 0 Å². The molecule has 0 bridgehead atoms. The Labute approximate surface area is 157 Å². The van der Waals surface area contributed by atoms with E-state index in [1.54, 1.807) is 0 Å². The van der Waals surface area contributed by atoms with Crippen LogP contribution in [0.15, 0.2) is 48.5 Å². The third kappa shape index (κ3) is 3.92. The number of aryl methyl sites for hydroxylation is 1. The fraction of sp³-hybridized carbons (Fsp3) is 0.435. The van der Waals surface area contributed by atoms with Gasteiger partial charge in [0, 0.05) is 37.3 Å². The molecule has 26 heavy (non-hydrogen) atoms. The van der Waals surface area contributed by atoms with E-state index in [1.165, 1.54) is 22.4 Å². The summed E-state index contributed by atoms with van der Waals surface area (Å²) in [4.78, 5) is 17.6.